The lowest BCUT2D eigenvalue weighted by Crippen LogP contribution is -2.29. The van der Waals surface area contributed by atoms with E-state index >= 15 is 4.39 Å². The van der Waals surface area contributed by atoms with Gasteiger partial charge in [0.15, 0.2) is 5.13 Å². The van der Waals surface area contributed by atoms with Crippen LogP contribution in [0.4, 0.5) is 9.52 Å². The Labute approximate surface area is 222 Å². The number of carbonyl (C=O) groups is 3. The maximum absolute atomic E-state index is 15.1. The van der Waals surface area contributed by atoms with Gasteiger partial charge < -0.3 is 14.6 Å². The SMILES string of the molecule is C=CCOC(=O)c1sc(N2C(=O)C(=O)C(=C(O)c3ccc(OCC)c(C)c3)C2c2ccccc2F)nc1C. The van der Waals surface area contributed by atoms with Gasteiger partial charge in [0.05, 0.1) is 17.9 Å². The van der Waals surface area contributed by atoms with Gasteiger partial charge in [0.25, 0.3) is 5.78 Å². The van der Waals surface area contributed by atoms with E-state index in [2.05, 4.69) is 11.6 Å². The summed E-state index contributed by atoms with van der Waals surface area (Å²) >= 11 is 0.835. The topological polar surface area (TPSA) is 106 Å². The number of aryl methyl sites for hydroxylation is 2. The quantitative estimate of drug-likeness (QED) is 0.138. The molecule has 1 N–H and O–H groups in total. The summed E-state index contributed by atoms with van der Waals surface area (Å²) in [6.45, 7) is 9.11. The number of benzene rings is 2. The number of rotatable bonds is 8. The number of amides is 1. The van der Waals surface area contributed by atoms with Crippen molar-refractivity contribution in [2.24, 2.45) is 0 Å². The van der Waals surface area contributed by atoms with Crippen LogP contribution in [0.2, 0.25) is 0 Å². The first kappa shape index (κ1) is 26.7. The Morgan fingerprint density at radius 3 is 2.63 bits per heavy atom. The monoisotopic (exact) mass is 536 g/mol. The number of aliphatic hydroxyl groups excluding tert-OH is 1. The zero-order valence-corrected chi connectivity index (χ0v) is 21.8. The normalized spacial score (nSPS) is 16.5. The van der Waals surface area contributed by atoms with Crippen molar-refractivity contribution in [2.45, 2.75) is 26.8 Å². The zero-order valence-electron chi connectivity index (χ0n) is 21.0. The molecule has 2 aromatic carbocycles. The van der Waals surface area contributed by atoms with E-state index in [9.17, 15) is 19.5 Å². The lowest BCUT2D eigenvalue weighted by Gasteiger charge is -2.23. The average molecular weight is 537 g/mol. The molecule has 196 valence electrons. The maximum Gasteiger partial charge on any atom is 0.350 e. The minimum atomic E-state index is -1.33. The molecule has 0 saturated carbocycles. The molecule has 1 aliphatic rings. The number of ether oxygens (including phenoxy) is 2. The van der Waals surface area contributed by atoms with Gasteiger partial charge in [0.2, 0.25) is 0 Å². The number of halogens is 1. The van der Waals surface area contributed by atoms with Gasteiger partial charge in [-0.15, -0.1) is 0 Å². The Hall–Kier alpha value is -4.31. The van der Waals surface area contributed by atoms with Crippen molar-refractivity contribution in [1.82, 2.24) is 4.98 Å². The van der Waals surface area contributed by atoms with E-state index in [0.717, 1.165) is 16.2 Å². The van der Waals surface area contributed by atoms with Gasteiger partial charge >= 0.3 is 11.9 Å². The maximum atomic E-state index is 15.1. The van der Waals surface area contributed by atoms with Gasteiger partial charge in [0.1, 0.15) is 34.9 Å². The van der Waals surface area contributed by atoms with Crippen molar-refractivity contribution in [3.63, 3.8) is 0 Å². The van der Waals surface area contributed by atoms with E-state index in [0.29, 0.717) is 17.9 Å². The summed E-state index contributed by atoms with van der Waals surface area (Å²) < 4.78 is 25.7. The van der Waals surface area contributed by atoms with Crippen LogP contribution in [0.5, 0.6) is 5.75 Å². The number of esters is 1. The Morgan fingerprint density at radius 2 is 1.97 bits per heavy atom. The Balaban J connectivity index is 1.89. The van der Waals surface area contributed by atoms with Gasteiger partial charge in [-0.2, -0.15) is 0 Å². The third-order valence-electron chi connectivity index (χ3n) is 5.90. The fourth-order valence-electron chi connectivity index (χ4n) is 4.17. The largest absolute Gasteiger partial charge is 0.507 e. The summed E-state index contributed by atoms with van der Waals surface area (Å²) in [5, 5.41) is 11.3. The predicted molar refractivity (Wildman–Crippen MR) is 141 cm³/mol. The van der Waals surface area contributed by atoms with Crippen molar-refractivity contribution in [3.8, 4) is 5.75 Å². The van der Waals surface area contributed by atoms with Crippen LogP contribution in [0.15, 0.2) is 60.7 Å². The Kier molecular flexibility index (Phi) is 7.72. The second-order valence-electron chi connectivity index (χ2n) is 8.40. The molecule has 1 unspecified atom stereocenters. The highest BCUT2D eigenvalue weighted by Gasteiger charge is 2.49. The number of Topliss-reactive ketones (excluding diaryl/α,β-unsaturated/α-hetero) is 1. The summed E-state index contributed by atoms with van der Waals surface area (Å²) in [6.07, 6.45) is 1.41. The first-order valence-electron chi connectivity index (χ1n) is 11.7. The van der Waals surface area contributed by atoms with Crippen molar-refractivity contribution >= 4 is 39.9 Å². The number of nitrogens with zero attached hydrogens (tertiary/aromatic N) is 2. The van der Waals surface area contributed by atoms with Crippen LogP contribution in [-0.2, 0) is 14.3 Å². The van der Waals surface area contributed by atoms with Crippen molar-refractivity contribution in [1.29, 1.82) is 0 Å². The van der Waals surface area contributed by atoms with Gasteiger partial charge in [-0.25, -0.2) is 14.2 Å². The van der Waals surface area contributed by atoms with Crippen LogP contribution in [0.3, 0.4) is 0 Å². The molecule has 1 fully saturated rings. The predicted octanol–water partition coefficient (Wildman–Crippen LogP) is 5.27. The summed E-state index contributed by atoms with van der Waals surface area (Å²) in [4.78, 5) is 44.6. The second kappa shape index (κ2) is 11.0. The summed E-state index contributed by atoms with van der Waals surface area (Å²) in [6, 6.07) is 9.15. The van der Waals surface area contributed by atoms with E-state index in [1.54, 1.807) is 38.1 Å². The minimum Gasteiger partial charge on any atom is -0.507 e. The number of hydrogen-bond acceptors (Lipinski definition) is 8. The molecule has 1 aromatic heterocycles. The molecule has 8 nitrogen and oxygen atoms in total. The van der Waals surface area contributed by atoms with E-state index in [1.165, 1.54) is 24.3 Å². The van der Waals surface area contributed by atoms with Crippen LogP contribution in [0.1, 0.15) is 45.0 Å². The first-order chi connectivity index (χ1) is 18.2. The third kappa shape index (κ3) is 4.82. The molecule has 0 spiro atoms. The molecular formula is C28H25FN2O6S. The number of hydrogen-bond donors (Lipinski definition) is 1. The number of ketones is 1. The highest BCUT2D eigenvalue weighted by molar-refractivity contribution is 7.17. The van der Waals surface area contributed by atoms with Crippen molar-refractivity contribution in [2.75, 3.05) is 18.1 Å². The minimum absolute atomic E-state index is 0.00895. The lowest BCUT2D eigenvalue weighted by atomic mass is 9.94. The lowest BCUT2D eigenvalue weighted by molar-refractivity contribution is -0.132. The molecular weight excluding hydrogens is 511 g/mol. The number of carbonyl (C=O) groups excluding carboxylic acids is 3. The van der Waals surface area contributed by atoms with Crippen LogP contribution in [0, 0.1) is 19.7 Å². The molecule has 4 rings (SSSR count). The Bertz CT molecular complexity index is 1480. The van der Waals surface area contributed by atoms with Gasteiger partial charge in [-0.05, 0) is 50.6 Å². The molecule has 0 radical (unpaired) electrons. The van der Waals surface area contributed by atoms with Crippen LogP contribution in [0.25, 0.3) is 5.76 Å². The molecule has 1 atom stereocenters. The van der Waals surface area contributed by atoms with Crippen LogP contribution < -0.4 is 9.64 Å². The number of aromatic nitrogens is 1. The molecule has 1 saturated heterocycles. The molecule has 0 aliphatic carbocycles. The van der Waals surface area contributed by atoms with Crippen LogP contribution >= 0.6 is 11.3 Å². The highest BCUT2D eigenvalue weighted by atomic mass is 32.1. The standard InChI is InChI=1S/C28H25FN2O6S/c1-5-13-37-27(35)25-16(4)30-28(38-25)31-22(18-9-7-8-10-19(18)29)21(24(33)26(31)34)23(32)17-11-12-20(36-6-2)15(3)14-17/h5,7-12,14,22,32H,1,6,13H2,2-4H3. The van der Waals surface area contributed by atoms with Crippen molar-refractivity contribution in [3.05, 3.63) is 93.8 Å². The molecule has 2 heterocycles. The zero-order chi connectivity index (χ0) is 27.6. The first-order valence-corrected chi connectivity index (χ1v) is 12.6. The van der Waals surface area contributed by atoms with Gasteiger partial charge in [-0.3, -0.25) is 14.5 Å². The van der Waals surface area contributed by atoms with Crippen molar-refractivity contribution < 1.29 is 33.4 Å². The number of thiazole rings is 1. The molecule has 0 bridgehead atoms. The fourth-order valence-corrected chi connectivity index (χ4v) is 5.15. The third-order valence-corrected chi connectivity index (χ3v) is 7.04. The summed E-state index contributed by atoms with van der Waals surface area (Å²) in [5.41, 5.74) is 0.919. The molecule has 3 aromatic rings. The number of anilines is 1. The van der Waals surface area contributed by atoms with E-state index < -0.39 is 35.3 Å². The Morgan fingerprint density at radius 1 is 1.24 bits per heavy atom. The van der Waals surface area contributed by atoms with E-state index in [1.807, 2.05) is 6.92 Å². The summed E-state index contributed by atoms with van der Waals surface area (Å²) in [5.74, 6) is -3.24. The van der Waals surface area contributed by atoms with Gasteiger partial charge in [-0.1, -0.05) is 42.2 Å². The molecule has 10 heteroatoms. The van der Waals surface area contributed by atoms with Gasteiger partial charge in [0, 0.05) is 11.1 Å². The fraction of sp³-hybridized carbons (Fsp3) is 0.214. The molecule has 38 heavy (non-hydrogen) atoms. The average Bonchev–Trinajstić information content (AvgIpc) is 3.40. The number of aliphatic hydroxyl groups is 1. The second-order valence-corrected chi connectivity index (χ2v) is 9.38. The van der Waals surface area contributed by atoms with Crippen LogP contribution in [-0.4, -0.2) is 41.0 Å². The van der Waals surface area contributed by atoms with E-state index in [-0.39, 0.29) is 39.0 Å². The van der Waals surface area contributed by atoms with E-state index in [4.69, 9.17) is 9.47 Å². The smallest absolute Gasteiger partial charge is 0.350 e. The molecule has 1 amide bonds. The highest BCUT2D eigenvalue weighted by Crippen LogP contribution is 2.44. The molecule has 1 aliphatic heterocycles. The summed E-state index contributed by atoms with van der Waals surface area (Å²) in [7, 11) is 0.